The fraction of sp³-hybridized carbons (Fsp3) is 0.562. The van der Waals surface area contributed by atoms with Crippen LogP contribution in [0.25, 0.3) is 0 Å². The summed E-state index contributed by atoms with van der Waals surface area (Å²) in [4.78, 5) is 5.76. The van der Waals surface area contributed by atoms with Gasteiger partial charge in [0.25, 0.3) is 0 Å². The van der Waals surface area contributed by atoms with Gasteiger partial charge in [0.05, 0.1) is 5.56 Å². The first-order valence-electron chi connectivity index (χ1n) is 8.23. The number of rotatable bonds is 2. The molecule has 1 atom stereocenters. The van der Waals surface area contributed by atoms with E-state index in [-0.39, 0.29) is 11.7 Å². The van der Waals surface area contributed by atoms with Crippen LogP contribution >= 0.6 is 0 Å². The molecule has 24 heavy (non-hydrogen) atoms. The fourth-order valence-electron chi connectivity index (χ4n) is 3.73. The number of hydrogen-bond donors (Lipinski definition) is 0. The van der Waals surface area contributed by atoms with E-state index < -0.39 is 11.7 Å². The summed E-state index contributed by atoms with van der Waals surface area (Å²) >= 11 is 0. The molecule has 1 fully saturated rings. The molecular weight excluding hydrogens is 319 g/mol. The maximum absolute atomic E-state index is 13.3. The van der Waals surface area contributed by atoms with E-state index in [4.69, 9.17) is 0 Å². The number of nitrogens with zero attached hydrogens (tertiary/aromatic N) is 5. The van der Waals surface area contributed by atoms with Crippen LogP contribution in [0.1, 0.15) is 42.4 Å². The molecule has 2 aromatic rings. The zero-order valence-corrected chi connectivity index (χ0v) is 13.1. The molecule has 4 rings (SSSR count). The normalized spacial score (nSPS) is 21.1. The molecule has 0 spiro atoms. The van der Waals surface area contributed by atoms with Crippen molar-refractivity contribution in [2.24, 2.45) is 0 Å². The van der Waals surface area contributed by atoms with Gasteiger partial charge in [0, 0.05) is 38.2 Å². The first kappa shape index (κ1) is 15.4. The Balaban J connectivity index is 1.62. The van der Waals surface area contributed by atoms with Gasteiger partial charge in [0.1, 0.15) is 17.5 Å². The summed E-state index contributed by atoms with van der Waals surface area (Å²) in [6.07, 6.45) is 0.758. The van der Waals surface area contributed by atoms with E-state index in [1.807, 2.05) is 0 Å². The molecule has 2 aliphatic rings. The largest absolute Gasteiger partial charge is 0.419 e. The minimum atomic E-state index is -4.40. The molecule has 0 N–H and O–H groups in total. The van der Waals surface area contributed by atoms with Crippen LogP contribution in [0, 0.1) is 0 Å². The molecule has 128 valence electrons. The average Bonchev–Trinajstić information content (AvgIpc) is 3.17. The molecule has 0 radical (unpaired) electrons. The number of aromatic nitrogens is 4. The molecule has 0 unspecified atom stereocenters. The smallest absolute Gasteiger partial charge is 0.355 e. The monoisotopic (exact) mass is 337 g/mol. The Morgan fingerprint density at radius 2 is 2.00 bits per heavy atom. The molecule has 2 aromatic heterocycles. The van der Waals surface area contributed by atoms with Crippen molar-refractivity contribution in [3.8, 4) is 0 Å². The quantitative estimate of drug-likeness (QED) is 0.845. The highest BCUT2D eigenvalue weighted by Crippen LogP contribution is 2.37. The Morgan fingerprint density at radius 1 is 1.12 bits per heavy atom. The van der Waals surface area contributed by atoms with Crippen molar-refractivity contribution < 1.29 is 13.2 Å². The third kappa shape index (κ3) is 2.63. The van der Waals surface area contributed by atoms with Crippen molar-refractivity contribution in [1.82, 2.24) is 19.7 Å². The number of aryl methyl sites for hydroxylation is 1. The Hall–Kier alpha value is -2.12. The Bertz CT molecular complexity index is 740. The van der Waals surface area contributed by atoms with Crippen molar-refractivity contribution in [2.75, 3.05) is 18.0 Å². The van der Waals surface area contributed by atoms with Crippen LogP contribution < -0.4 is 4.90 Å². The highest BCUT2D eigenvalue weighted by atomic mass is 19.4. The number of halogens is 3. The second kappa shape index (κ2) is 5.75. The topological polar surface area (TPSA) is 46.8 Å². The number of anilines is 1. The van der Waals surface area contributed by atoms with Crippen molar-refractivity contribution >= 4 is 5.82 Å². The van der Waals surface area contributed by atoms with Crippen LogP contribution in [0.15, 0.2) is 18.3 Å². The number of piperidine rings is 1. The second-order valence-corrected chi connectivity index (χ2v) is 6.39. The Labute approximate surface area is 137 Å². The molecule has 1 saturated heterocycles. The second-order valence-electron chi connectivity index (χ2n) is 6.39. The molecule has 8 heteroatoms. The lowest BCUT2D eigenvalue weighted by atomic mass is 9.96. The van der Waals surface area contributed by atoms with Crippen LogP contribution in [0.3, 0.4) is 0 Å². The summed E-state index contributed by atoms with van der Waals surface area (Å²) in [6, 6.07) is 2.43. The van der Waals surface area contributed by atoms with E-state index >= 15 is 0 Å². The summed E-state index contributed by atoms with van der Waals surface area (Å²) in [5.74, 6) is 2.03. The third-order valence-electron chi connectivity index (χ3n) is 4.82. The lowest BCUT2D eigenvalue weighted by Crippen LogP contribution is -2.37. The standard InChI is InChI=1S/C16H18F3N5/c17-16(18,19)12-5-1-7-20-15(12)23-8-2-4-11(10-23)14-22-21-13-6-3-9-24(13)14/h1,5,7,11H,2-4,6,8-10H2/t11-/m1/s1. The molecule has 2 aliphatic heterocycles. The third-order valence-corrected chi connectivity index (χ3v) is 4.82. The summed E-state index contributed by atoms with van der Waals surface area (Å²) in [5, 5.41) is 8.53. The van der Waals surface area contributed by atoms with Gasteiger partial charge in [-0.1, -0.05) is 0 Å². The highest BCUT2D eigenvalue weighted by molar-refractivity contribution is 5.49. The first-order valence-corrected chi connectivity index (χ1v) is 8.23. The summed E-state index contributed by atoms with van der Waals surface area (Å²) < 4.78 is 41.9. The fourth-order valence-corrected chi connectivity index (χ4v) is 3.73. The van der Waals surface area contributed by atoms with Gasteiger partial charge in [-0.05, 0) is 31.4 Å². The number of alkyl halides is 3. The molecule has 0 bridgehead atoms. The maximum atomic E-state index is 13.3. The van der Waals surface area contributed by atoms with Crippen LogP contribution in [-0.2, 0) is 19.1 Å². The van der Waals surface area contributed by atoms with Gasteiger partial charge in [-0.15, -0.1) is 10.2 Å². The number of pyridine rings is 1. The molecule has 0 saturated carbocycles. The van der Waals surface area contributed by atoms with Gasteiger partial charge in [0.2, 0.25) is 0 Å². The van der Waals surface area contributed by atoms with E-state index in [0.717, 1.165) is 49.9 Å². The van der Waals surface area contributed by atoms with Crippen LogP contribution in [0.5, 0.6) is 0 Å². The van der Waals surface area contributed by atoms with Gasteiger partial charge >= 0.3 is 6.18 Å². The minimum Gasteiger partial charge on any atom is -0.355 e. The minimum absolute atomic E-state index is 0.0239. The SMILES string of the molecule is FC(F)(F)c1cccnc1N1CCC[C@@H](c2nnc3n2CCC3)C1. The lowest BCUT2D eigenvalue weighted by molar-refractivity contribution is -0.137. The van der Waals surface area contributed by atoms with Crippen molar-refractivity contribution in [3.05, 3.63) is 35.5 Å². The van der Waals surface area contributed by atoms with Crippen LogP contribution in [-0.4, -0.2) is 32.8 Å². The van der Waals surface area contributed by atoms with Crippen molar-refractivity contribution in [2.45, 2.75) is 44.3 Å². The van der Waals surface area contributed by atoms with Gasteiger partial charge in [0.15, 0.2) is 0 Å². The Morgan fingerprint density at radius 3 is 2.83 bits per heavy atom. The first-order chi connectivity index (χ1) is 11.5. The molecule has 0 aromatic carbocycles. The van der Waals surface area contributed by atoms with E-state index in [2.05, 4.69) is 19.7 Å². The predicted molar refractivity (Wildman–Crippen MR) is 81.8 cm³/mol. The van der Waals surface area contributed by atoms with E-state index in [1.165, 1.54) is 12.3 Å². The summed E-state index contributed by atoms with van der Waals surface area (Å²) in [5.41, 5.74) is -0.669. The van der Waals surface area contributed by atoms with Gasteiger partial charge in [-0.25, -0.2) is 4.98 Å². The highest BCUT2D eigenvalue weighted by Gasteiger charge is 2.37. The number of hydrogen-bond acceptors (Lipinski definition) is 4. The van der Waals surface area contributed by atoms with Gasteiger partial charge < -0.3 is 9.47 Å². The summed E-state index contributed by atoms with van der Waals surface area (Å²) in [6.45, 7) is 1.99. The Kier molecular flexibility index (Phi) is 3.69. The van der Waals surface area contributed by atoms with Crippen molar-refractivity contribution in [1.29, 1.82) is 0 Å². The van der Waals surface area contributed by atoms with E-state index in [1.54, 1.807) is 4.90 Å². The molecule has 5 nitrogen and oxygen atoms in total. The molecule has 0 amide bonds. The van der Waals surface area contributed by atoms with Gasteiger partial charge in [-0.2, -0.15) is 13.2 Å². The lowest BCUT2D eigenvalue weighted by Gasteiger charge is -2.34. The van der Waals surface area contributed by atoms with Gasteiger partial charge in [-0.3, -0.25) is 0 Å². The zero-order chi connectivity index (χ0) is 16.7. The predicted octanol–water partition coefficient (Wildman–Crippen LogP) is 3.02. The molecule has 4 heterocycles. The summed E-state index contributed by atoms with van der Waals surface area (Å²) in [7, 11) is 0. The molecule has 0 aliphatic carbocycles. The molecular formula is C16H18F3N5. The zero-order valence-electron chi connectivity index (χ0n) is 13.1. The van der Waals surface area contributed by atoms with Crippen LogP contribution in [0.4, 0.5) is 19.0 Å². The van der Waals surface area contributed by atoms with E-state index in [9.17, 15) is 13.2 Å². The van der Waals surface area contributed by atoms with Crippen LogP contribution in [0.2, 0.25) is 0 Å². The van der Waals surface area contributed by atoms with Crippen molar-refractivity contribution in [3.63, 3.8) is 0 Å². The number of fused-ring (bicyclic) bond motifs is 1. The van der Waals surface area contributed by atoms with E-state index in [0.29, 0.717) is 13.1 Å². The average molecular weight is 337 g/mol. The maximum Gasteiger partial charge on any atom is 0.419 e.